The Kier molecular flexibility index (Phi) is 4.90. The van der Waals surface area contributed by atoms with Gasteiger partial charge < -0.3 is 0 Å². The molecule has 0 fully saturated rings. The van der Waals surface area contributed by atoms with Crippen LogP contribution in [0.1, 0.15) is 0 Å². The standard InChI is InChI=1S/C5H7NS2/c1-3-4-6-5(2)8-7/h3-4,7H,1-2H2/b6-4-. The summed E-state index contributed by atoms with van der Waals surface area (Å²) in [6.07, 6.45) is 3.17. The zero-order chi connectivity index (χ0) is 6.41. The quantitative estimate of drug-likeness (QED) is 0.365. The molecule has 0 saturated heterocycles. The van der Waals surface area contributed by atoms with Crippen LogP contribution in [0.15, 0.2) is 29.3 Å². The fourth-order valence-electron chi connectivity index (χ4n) is 0.159. The van der Waals surface area contributed by atoms with Gasteiger partial charge in [0.15, 0.2) is 0 Å². The van der Waals surface area contributed by atoms with Gasteiger partial charge in [0.2, 0.25) is 0 Å². The summed E-state index contributed by atoms with van der Waals surface area (Å²) in [5.74, 6) is 0. The van der Waals surface area contributed by atoms with Crippen LogP contribution in [-0.2, 0) is 0 Å². The van der Waals surface area contributed by atoms with Gasteiger partial charge >= 0.3 is 0 Å². The lowest BCUT2D eigenvalue weighted by atomic mass is 10.7. The van der Waals surface area contributed by atoms with Gasteiger partial charge in [-0.2, -0.15) is 0 Å². The van der Waals surface area contributed by atoms with Crippen LogP contribution in [0.25, 0.3) is 0 Å². The third-order valence-corrected chi connectivity index (χ3v) is 1.38. The zero-order valence-electron chi connectivity index (χ0n) is 4.37. The molecule has 0 aliphatic carbocycles. The molecule has 0 aromatic heterocycles. The van der Waals surface area contributed by atoms with Crippen LogP contribution in [0, 0.1) is 0 Å². The number of thiol groups is 1. The van der Waals surface area contributed by atoms with Crippen molar-refractivity contribution in [3.8, 4) is 0 Å². The summed E-state index contributed by atoms with van der Waals surface area (Å²) in [7, 11) is 1.22. The molecule has 0 aliphatic heterocycles. The van der Waals surface area contributed by atoms with Crippen LogP contribution in [0.2, 0.25) is 0 Å². The Hall–Kier alpha value is -0.150. The van der Waals surface area contributed by atoms with Crippen LogP contribution in [0.5, 0.6) is 0 Å². The summed E-state index contributed by atoms with van der Waals surface area (Å²) >= 11 is 3.86. The summed E-state index contributed by atoms with van der Waals surface area (Å²) < 4.78 is 0. The van der Waals surface area contributed by atoms with Crippen molar-refractivity contribution in [1.82, 2.24) is 0 Å². The number of allylic oxidation sites excluding steroid dienone is 1. The normalized spacial score (nSPS) is 9.62. The van der Waals surface area contributed by atoms with E-state index >= 15 is 0 Å². The second-order valence-electron chi connectivity index (χ2n) is 0.999. The Morgan fingerprint density at radius 3 is 2.75 bits per heavy atom. The number of rotatable bonds is 3. The summed E-state index contributed by atoms with van der Waals surface area (Å²) in [4.78, 5) is 3.81. The third-order valence-electron chi connectivity index (χ3n) is 0.429. The molecule has 0 rings (SSSR count). The molecule has 0 amide bonds. The van der Waals surface area contributed by atoms with Gasteiger partial charge in [-0.15, -0.1) is 11.7 Å². The van der Waals surface area contributed by atoms with Crippen LogP contribution >= 0.6 is 22.5 Å². The molecule has 0 N–H and O–H groups in total. The van der Waals surface area contributed by atoms with E-state index in [-0.39, 0.29) is 0 Å². The van der Waals surface area contributed by atoms with E-state index in [1.807, 2.05) is 0 Å². The first kappa shape index (κ1) is 7.85. The molecular weight excluding hydrogens is 138 g/mol. The summed E-state index contributed by atoms with van der Waals surface area (Å²) in [6, 6.07) is 0. The second-order valence-corrected chi connectivity index (χ2v) is 2.20. The van der Waals surface area contributed by atoms with E-state index in [1.165, 1.54) is 10.8 Å². The predicted molar refractivity (Wildman–Crippen MR) is 44.4 cm³/mol. The Morgan fingerprint density at radius 2 is 2.38 bits per heavy atom. The molecule has 0 saturated carbocycles. The van der Waals surface area contributed by atoms with Crippen molar-refractivity contribution in [3.63, 3.8) is 0 Å². The van der Waals surface area contributed by atoms with E-state index in [4.69, 9.17) is 0 Å². The van der Waals surface area contributed by atoms with Crippen molar-refractivity contribution in [2.75, 3.05) is 0 Å². The van der Waals surface area contributed by atoms with Crippen LogP contribution in [-0.4, -0.2) is 6.21 Å². The van der Waals surface area contributed by atoms with E-state index in [2.05, 4.69) is 29.8 Å². The lowest BCUT2D eigenvalue weighted by molar-refractivity contribution is 1.58. The Labute approximate surface area is 58.4 Å². The summed E-state index contributed by atoms with van der Waals surface area (Å²) in [5.41, 5.74) is 0. The number of hydrogen-bond acceptors (Lipinski definition) is 3. The molecular formula is C5H7NS2. The number of hydrogen-bond donors (Lipinski definition) is 1. The first-order valence-electron chi connectivity index (χ1n) is 1.96. The van der Waals surface area contributed by atoms with Gasteiger partial charge in [0.05, 0.1) is 5.03 Å². The summed E-state index contributed by atoms with van der Waals surface area (Å²) in [5, 5.41) is 0.674. The van der Waals surface area contributed by atoms with E-state index in [0.29, 0.717) is 5.03 Å². The third kappa shape index (κ3) is 4.02. The van der Waals surface area contributed by atoms with E-state index in [1.54, 1.807) is 12.3 Å². The van der Waals surface area contributed by atoms with Gasteiger partial charge in [-0.25, -0.2) is 4.99 Å². The van der Waals surface area contributed by atoms with Crippen molar-refractivity contribution in [2.24, 2.45) is 4.99 Å². The lowest BCUT2D eigenvalue weighted by Crippen LogP contribution is -1.62. The minimum absolute atomic E-state index is 0.674. The average molecular weight is 145 g/mol. The zero-order valence-corrected chi connectivity index (χ0v) is 6.08. The highest BCUT2D eigenvalue weighted by atomic mass is 33.1. The highest BCUT2D eigenvalue weighted by Gasteiger charge is 1.78. The van der Waals surface area contributed by atoms with Crippen molar-refractivity contribution in [1.29, 1.82) is 0 Å². The predicted octanol–water partition coefficient (Wildman–Crippen LogP) is 2.29. The van der Waals surface area contributed by atoms with Crippen molar-refractivity contribution in [3.05, 3.63) is 24.3 Å². The molecule has 0 spiro atoms. The Morgan fingerprint density at radius 1 is 1.75 bits per heavy atom. The first-order valence-corrected chi connectivity index (χ1v) is 3.83. The van der Waals surface area contributed by atoms with Crippen LogP contribution in [0.3, 0.4) is 0 Å². The lowest BCUT2D eigenvalue weighted by Gasteiger charge is -1.84. The smallest absolute Gasteiger partial charge is 0.0990 e. The minimum Gasteiger partial charge on any atom is -0.250 e. The van der Waals surface area contributed by atoms with Gasteiger partial charge in [-0.05, 0) is 10.8 Å². The molecule has 0 heterocycles. The highest BCUT2D eigenvalue weighted by molar-refractivity contribution is 8.70. The van der Waals surface area contributed by atoms with Gasteiger partial charge in [0, 0.05) is 6.21 Å². The maximum absolute atomic E-state index is 3.86. The molecule has 0 radical (unpaired) electrons. The monoisotopic (exact) mass is 145 g/mol. The molecule has 0 atom stereocenters. The highest BCUT2D eigenvalue weighted by Crippen LogP contribution is 2.16. The maximum Gasteiger partial charge on any atom is 0.0990 e. The molecule has 0 unspecified atom stereocenters. The molecule has 0 aromatic carbocycles. The fourth-order valence-corrected chi connectivity index (χ4v) is 0.409. The molecule has 3 heteroatoms. The van der Waals surface area contributed by atoms with Gasteiger partial charge in [0.1, 0.15) is 0 Å². The SMILES string of the molecule is C=C/C=N\C(=C)SS. The molecule has 44 valence electrons. The fraction of sp³-hybridized carbons (Fsp3) is 0. The van der Waals surface area contributed by atoms with Gasteiger partial charge in [-0.1, -0.05) is 19.2 Å². The Bertz CT molecular complexity index is 118. The summed E-state index contributed by atoms with van der Waals surface area (Å²) in [6.45, 7) is 6.99. The molecule has 1 nitrogen and oxygen atoms in total. The molecule has 0 bridgehead atoms. The van der Waals surface area contributed by atoms with E-state index in [0.717, 1.165) is 0 Å². The average Bonchev–Trinajstić information content (AvgIpc) is 1.83. The van der Waals surface area contributed by atoms with Crippen molar-refractivity contribution < 1.29 is 0 Å². The maximum atomic E-state index is 3.86. The Balaban J connectivity index is 3.52. The van der Waals surface area contributed by atoms with Gasteiger partial charge in [-0.3, -0.25) is 0 Å². The van der Waals surface area contributed by atoms with Crippen molar-refractivity contribution in [2.45, 2.75) is 0 Å². The second kappa shape index (κ2) is 5.00. The van der Waals surface area contributed by atoms with E-state index < -0.39 is 0 Å². The van der Waals surface area contributed by atoms with Crippen molar-refractivity contribution >= 4 is 28.7 Å². The van der Waals surface area contributed by atoms with Gasteiger partial charge in [0.25, 0.3) is 0 Å². The number of aliphatic imine (C=N–C) groups is 1. The minimum atomic E-state index is 0.674. The van der Waals surface area contributed by atoms with Crippen LogP contribution in [0.4, 0.5) is 0 Å². The topological polar surface area (TPSA) is 12.4 Å². The molecule has 0 aliphatic rings. The molecule has 8 heavy (non-hydrogen) atoms. The largest absolute Gasteiger partial charge is 0.250 e. The number of nitrogens with zero attached hydrogens (tertiary/aromatic N) is 1. The van der Waals surface area contributed by atoms with Crippen LogP contribution < -0.4 is 0 Å². The van der Waals surface area contributed by atoms with E-state index in [9.17, 15) is 0 Å². The molecule has 0 aromatic rings. The first-order chi connectivity index (χ1) is 3.81.